The van der Waals surface area contributed by atoms with Crippen molar-refractivity contribution in [1.29, 1.82) is 0 Å². The zero-order valence-electron chi connectivity index (χ0n) is 9.55. The van der Waals surface area contributed by atoms with Crippen LogP contribution in [0.2, 0.25) is 0 Å². The smallest absolute Gasteiger partial charge is 0.310 e. The SMILES string of the molecule is CCOC(=O)Cc1c(C(F)F)c[nH]c(=O)c1C. The van der Waals surface area contributed by atoms with E-state index in [9.17, 15) is 18.4 Å². The molecule has 1 heterocycles. The summed E-state index contributed by atoms with van der Waals surface area (Å²) in [6, 6.07) is 0. The zero-order valence-corrected chi connectivity index (χ0v) is 9.55. The molecule has 0 fully saturated rings. The summed E-state index contributed by atoms with van der Waals surface area (Å²) in [6.45, 7) is 3.20. The van der Waals surface area contributed by atoms with Crippen molar-refractivity contribution < 1.29 is 18.3 Å². The maximum absolute atomic E-state index is 12.7. The molecule has 1 N–H and O–H groups in total. The highest BCUT2D eigenvalue weighted by atomic mass is 19.3. The largest absolute Gasteiger partial charge is 0.466 e. The number of carbonyl (C=O) groups is 1. The average Bonchev–Trinajstić information content (AvgIpc) is 2.25. The van der Waals surface area contributed by atoms with E-state index in [1.54, 1.807) is 6.92 Å². The second-order valence-electron chi connectivity index (χ2n) is 3.46. The molecule has 0 aliphatic heterocycles. The van der Waals surface area contributed by atoms with Crippen LogP contribution in [-0.4, -0.2) is 17.6 Å². The summed E-state index contributed by atoms with van der Waals surface area (Å²) in [5, 5.41) is 0. The second kappa shape index (κ2) is 5.56. The fourth-order valence-corrected chi connectivity index (χ4v) is 1.48. The summed E-state index contributed by atoms with van der Waals surface area (Å²) >= 11 is 0. The topological polar surface area (TPSA) is 59.2 Å². The number of H-pyrrole nitrogens is 1. The Morgan fingerprint density at radius 1 is 1.53 bits per heavy atom. The number of nitrogens with one attached hydrogen (secondary N) is 1. The van der Waals surface area contributed by atoms with Gasteiger partial charge in [0.25, 0.3) is 12.0 Å². The van der Waals surface area contributed by atoms with E-state index < -0.39 is 18.0 Å². The van der Waals surface area contributed by atoms with Crippen molar-refractivity contribution in [2.75, 3.05) is 6.61 Å². The van der Waals surface area contributed by atoms with Crippen LogP contribution in [0, 0.1) is 6.92 Å². The van der Waals surface area contributed by atoms with Crippen molar-refractivity contribution in [3.8, 4) is 0 Å². The predicted octanol–water partition coefficient (Wildman–Crippen LogP) is 1.73. The molecule has 0 aromatic carbocycles. The lowest BCUT2D eigenvalue weighted by Crippen LogP contribution is -2.18. The average molecular weight is 245 g/mol. The van der Waals surface area contributed by atoms with Gasteiger partial charge in [0.05, 0.1) is 13.0 Å². The van der Waals surface area contributed by atoms with Gasteiger partial charge in [0.1, 0.15) is 0 Å². The van der Waals surface area contributed by atoms with E-state index in [1.165, 1.54) is 6.92 Å². The van der Waals surface area contributed by atoms with E-state index in [0.29, 0.717) is 0 Å². The Labute approximate surface area is 96.6 Å². The standard InChI is InChI=1S/C11H13F2NO3/c1-3-17-9(15)4-7-6(2)11(16)14-5-8(7)10(12)13/h5,10H,3-4H2,1-2H3,(H,14,16). The van der Waals surface area contributed by atoms with Gasteiger partial charge in [-0.25, -0.2) is 8.78 Å². The van der Waals surface area contributed by atoms with Gasteiger partial charge in [0, 0.05) is 17.3 Å². The summed E-state index contributed by atoms with van der Waals surface area (Å²) in [4.78, 5) is 24.8. The number of rotatable bonds is 4. The lowest BCUT2D eigenvalue weighted by atomic mass is 10.0. The number of ether oxygens (including phenoxy) is 1. The van der Waals surface area contributed by atoms with Gasteiger partial charge in [-0.2, -0.15) is 0 Å². The first-order valence-corrected chi connectivity index (χ1v) is 5.12. The highest BCUT2D eigenvalue weighted by Crippen LogP contribution is 2.23. The number of pyridine rings is 1. The predicted molar refractivity (Wildman–Crippen MR) is 57.1 cm³/mol. The summed E-state index contributed by atoms with van der Waals surface area (Å²) < 4.78 is 30.1. The highest BCUT2D eigenvalue weighted by molar-refractivity contribution is 5.73. The molecule has 0 unspecified atom stereocenters. The maximum Gasteiger partial charge on any atom is 0.310 e. The molecular weight excluding hydrogens is 232 g/mol. The molecule has 4 nitrogen and oxygen atoms in total. The van der Waals surface area contributed by atoms with Crippen LogP contribution in [0.5, 0.6) is 0 Å². The normalized spacial score (nSPS) is 10.6. The molecule has 0 aliphatic rings. The minimum atomic E-state index is -2.74. The summed E-state index contributed by atoms with van der Waals surface area (Å²) in [6.07, 6.45) is -2.12. The first-order chi connectivity index (χ1) is 7.97. The fraction of sp³-hybridized carbons (Fsp3) is 0.455. The lowest BCUT2D eigenvalue weighted by Gasteiger charge is -2.10. The molecule has 94 valence electrons. The molecule has 0 aliphatic carbocycles. The molecule has 0 radical (unpaired) electrons. The maximum atomic E-state index is 12.7. The van der Waals surface area contributed by atoms with Gasteiger partial charge in [0.2, 0.25) is 0 Å². The summed E-state index contributed by atoms with van der Waals surface area (Å²) in [5.41, 5.74) is -0.651. The van der Waals surface area contributed by atoms with E-state index in [2.05, 4.69) is 9.72 Å². The molecular formula is C11H13F2NO3. The molecule has 1 rings (SSSR count). The number of alkyl halides is 2. The van der Waals surface area contributed by atoms with Crippen LogP contribution in [0.15, 0.2) is 11.0 Å². The monoisotopic (exact) mass is 245 g/mol. The second-order valence-corrected chi connectivity index (χ2v) is 3.46. The van der Waals surface area contributed by atoms with Crippen LogP contribution < -0.4 is 5.56 Å². The molecule has 0 spiro atoms. The number of aromatic amines is 1. The van der Waals surface area contributed by atoms with Crippen molar-refractivity contribution in [3.05, 3.63) is 33.2 Å². The first-order valence-electron chi connectivity index (χ1n) is 5.12. The van der Waals surface area contributed by atoms with Crippen molar-refractivity contribution in [2.24, 2.45) is 0 Å². The number of aromatic nitrogens is 1. The van der Waals surface area contributed by atoms with Gasteiger partial charge in [0.15, 0.2) is 0 Å². The molecule has 6 heteroatoms. The quantitative estimate of drug-likeness (QED) is 0.822. The van der Waals surface area contributed by atoms with Crippen LogP contribution in [0.1, 0.15) is 30.0 Å². The molecule has 0 atom stereocenters. The van der Waals surface area contributed by atoms with E-state index in [-0.39, 0.29) is 29.7 Å². The van der Waals surface area contributed by atoms with Crippen LogP contribution in [0.3, 0.4) is 0 Å². The minimum absolute atomic E-state index is 0.0437. The molecule has 1 aromatic rings. The Bertz CT molecular complexity index is 468. The Morgan fingerprint density at radius 3 is 2.71 bits per heavy atom. The number of halogens is 2. The number of esters is 1. The van der Waals surface area contributed by atoms with Crippen molar-refractivity contribution >= 4 is 5.97 Å². The fourth-order valence-electron chi connectivity index (χ4n) is 1.48. The van der Waals surface area contributed by atoms with Gasteiger partial charge >= 0.3 is 5.97 Å². The Balaban J connectivity index is 3.15. The van der Waals surface area contributed by atoms with Crippen LogP contribution in [-0.2, 0) is 16.0 Å². The molecule has 0 saturated heterocycles. The van der Waals surface area contributed by atoms with Gasteiger partial charge in [-0.3, -0.25) is 9.59 Å². The summed E-state index contributed by atoms with van der Waals surface area (Å²) in [5.74, 6) is -0.622. The Morgan fingerprint density at radius 2 is 2.18 bits per heavy atom. The molecule has 0 amide bonds. The van der Waals surface area contributed by atoms with Crippen molar-refractivity contribution in [1.82, 2.24) is 4.98 Å². The minimum Gasteiger partial charge on any atom is -0.466 e. The third-order valence-electron chi connectivity index (χ3n) is 2.36. The van der Waals surface area contributed by atoms with E-state index >= 15 is 0 Å². The van der Waals surface area contributed by atoms with Crippen LogP contribution in [0.25, 0.3) is 0 Å². The van der Waals surface area contributed by atoms with Gasteiger partial charge in [-0.1, -0.05) is 0 Å². The summed E-state index contributed by atoms with van der Waals surface area (Å²) in [7, 11) is 0. The third kappa shape index (κ3) is 3.12. The Hall–Kier alpha value is -1.72. The third-order valence-corrected chi connectivity index (χ3v) is 2.36. The number of hydrogen-bond acceptors (Lipinski definition) is 3. The van der Waals surface area contributed by atoms with E-state index in [0.717, 1.165) is 6.20 Å². The molecule has 0 bridgehead atoms. The van der Waals surface area contributed by atoms with Crippen molar-refractivity contribution in [3.63, 3.8) is 0 Å². The highest BCUT2D eigenvalue weighted by Gasteiger charge is 2.19. The van der Waals surface area contributed by atoms with Crippen LogP contribution in [0.4, 0.5) is 8.78 Å². The number of hydrogen-bond donors (Lipinski definition) is 1. The van der Waals surface area contributed by atoms with Gasteiger partial charge in [-0.15, -0.1) is 0 Å². The lowest BCUT2D eigenvalue weighted by molar-refractivity contribution is -0.142. The Kier molecular flexibility index (Phi) is 4.37. The van der Waals surface area contributed by atoms with Crippen molar-refractivity contribution in [2.45, 2.75) is 26.7 Å². The van der Waals surface area contributed by atoms with E-state index in [1.807, 2.05) is 0 Å². The van der Waals surface area contributed by atoms with Gasteiger partial charge < -0.3 is 9.72 Å². The van der Waals surface area contributed by atoms with Gasteiger partial charge in [-0.05, 0) is 19.4 Å². The van der Waals surface area contributed by atoms with Crippen LogP contribution >= 0.6 is 0 Å². The molecule has 17 heavy (non-hydrogen) atoms. The number of carbonyl (C=O) groups excluding carboxylic acids is 1. The molecule has 0 saturated carbocycles. The van der Waals surface area contributed by atoms with E-state index in [4.69, 9.17) is 0 Å². The first kappa shape index (κ1) is 13.3. The molecule has 1 aromatic heterocycles. The zero-order chi connectivity index (χ0) is 13.0.